The topological polar surface area (TPSA) is 17.8 Å². The van der Waals surface area contributed by atoms with E-state index in [1.54, 1.807) is 0 Å². The second kappa shape index (κ2) is 3.83. The summed E-state index contributed by atoms with van der Waals surface area (Å²) in [7, 11) is 2.07. The second-order valence-electron chi connectivity index (χ2n) is 5.54. The van der Waals surface area contributed by atoms with Gasteiger partial charge in [0.1, 0.15) is 0 Å². The van der Waals surface area contributed by atoms with Gasteiger partial charge in [0.05, 0.1) is 11.0 Å². The molecule has 0 radical (unpaired) electrons. The third-order valence-electron chi connectivity index (χ3n) is 4.28. The highest BCUT2D eigenvalue weighted by atomic mass is 14.9. The number of aryl methyl sites for hydroxylation is 3. The SMILES string of the molecule is Cc1c2ccn(C)cc2c(C)c2c1nc1ccccc12. The minimum absolute atomic E-state index is 1.09. The number of benzene rings is 2. The molecule has 0 atom stereocenters. The van der Waals surface area contributed by atoms with Crippen molar-refractivity contribution in [2.45, 2.75) is 13.8 Å². The van der Waals surface area contributed by atoms with E-state index in [-0.39, 0.29) is 0 Å². The van der Waals surface area contributed by atoms with Gasteiger partial charge in [0.25, 0.3) is 0 Å². The molecule has 98 valence electrons. The molecule has 2 aromatic heterocycles. The van der Waals surface area contributed by atoms with Gasteiger partial charge in [-0.15, -0.1) is 0 Å². The van der Waals surface area contributed by atoms with Gasteiger partial charge in [-0.25, -0.2) is 4.98 Å². The highest BCUT2D eigenvalue weighted by molar-refractivity contribution is 6.16. The molecular formula is C18H16N2. The lowest BCUT2D eigenvalue weighted by Gasteiger charge is -2.10. The molecule has 2 nitrogen and oxygen atoms in total. The Bertz CT molecular complexity index is 977. The predicted octanol–water partition coefficient (Wildman–Crippen LogP) is 4.50. The van der Waals surface area contributed by atoms with Crippen LogP contribution in [-0.2, 0) is 7.05 Å². The van der Waals surface area contributed by atoms with E-state index in [9.17, 15) is 0 Å². The highest BCUT2D eigenvalue weighted by Gasteiger charge is 2.14. The number of aromatic nitrogens is 2. The molecule has 0 spiro atoms. The standard InChI is InChI=1S/C18H16N2/c1-11-15-10-20(3)9-8-13(15)12(2)18-17(11)14-6-4-5-7-16(14)19-18/h4-10H,1-3H3. The molecule has 0 N–H and O–H groups in total. The van der Waals surface area contributed by atoms with E-state index in [1.165, 1.54) is 32.7 Å². The van der Waals surface area contributed by atoms with E-state index in [0.717, 1.165) is 11.0 Å². The average Bonchev–Trinajstić information content (AvgIpc) is 2.84. The maximum atomic E-state index is 4.84. The van der Waals surface area contributed by atoms with Gasteiger partial charge in [0.2, 0.25) is 0 Å². The van der Waals surface area contributed by atoms with Crippen molar-refractivity contribution in [3.63, 3.8) is 0 Å². The fourth-order valence-electron chi connectivity index (χ4n) is 3.22. The summed E-state index contributed by atoms with van der Waals surface area (Å²) in [6, 6.07) is 10.6. The quantitative estimate of drug-likeness (QED) is 0.455. The van der Waals surface area contributed by atoms with Crippen LogP contribution in [0.5, 0.6) is 0 Å². The van der Waals surface area contributed by atoms with Gasteiger partial charge in [0.15, 0.2) is 0 Å². The Morgan fingerprint density at radius 2 is 1.70 bits per heavy atom. The van der Waals surface area contributed by atoms with E-state index < -0.39 is 0 Å². The number of hydrogen-bond acceptors (Lipinski definition) is 1. The molecule has 0 saturated heterocycles. The fourth-order valence-corrected chi connectivity index (χ4v) is 3.22. The van der Waals surface area contributed by atoms with Gasteiger partial charge in [-0.05, 0) is 42.5 Å². The van der Waals surface area contributed by atoms with Crippen LogP contribution in [0.3, 0.4) is 0 Å². The van der Waals surface area contributed by atoms with E-state index >= 15 is 0 Å². The Kier molecular flexibility index (Phi) is 2.19. The molecule has 0 unspecified atom stereocenters. The molecule has 4 aromatic rings. The molecule has 0 fully saturated rings. The van der Waals surface area contributed by atoms with Crippen molar-refractivity contribution in [3.05, 3.63) is 53.9 Å². The van der Waals surface area contributed by atoms with E-state index in [2.05, 4.69) is 68.2 Å². The Hall–Kier alpha value is -2.35. The number of fused-ring (bicyclic) bond motifs is 4. The second-order valence-corrected chi connectivity index (χ2v) is 5.54. The van der Waals surface area contributed by atoms with Gasteiger partial charge >= 0.3 is 0 Å². The summed E-state index contributed by atoms with van der Waals surface area (Å²) in [6.45, 7) is 4.38. The van der Waals surface area contributed by atoms with E-state index in [4.69, 9.17) is 4.98 Å². The van der Waals surface area contributed by atoms with Crippen LogP contribution in [0.25, 0.3) is 32.6 Å². The van der Waals surface area contributed by atoms with Crippen molar-refractivity contribution in [2.24, 2.45) is 7.05 Å². The summed E-state index contributed by atoms with van der Waals surface area (Å²) in [5.41, 5.74) is 4.83. The Morgan fingerprint density at radius 1 is 0.900 bits per heavy atom. The summed E-state index contributed by atoms with van der Waals surface area (Å²) < 4.78 is 2.11. The lowest BCUT2D eigenvalue weighted by atomic mass is 9.97. The van der Waals surface area contributed by atoms with Crippen LogP contribution in [0.2, 0.25) is 0 Å². The van der Waals surface area contributed by atoms with Gasteiger partial charge in [0, 0.05) is 35.6 Å². The van der Waals surface area contributed by atoms with Crippen molar-refractivity contribution in [1.29, 1.82) is 0 Å². The molecule has 0 amide bonds. The zero-order valence-electron chi connectivity index (χ0n) is 11.9. The third-order valence-corrected chi connectivity index (χ3v) is 4.28. The third kappa shape index (κ3) is 1.36. The van der Waals surface area contributed by atoms with Crippen molar-refractivity contribution in [1.82, 2.24) is 9.55 Å². The zero-order chi connectivity index (χ0) is 13.9. The minimum Gasteiger partial charge on any atom is -0.357 e. The largest absolute Gasteiger partial charge is 0.357 e. The van der Waals surface area contributed by atoms with Crippen LogP contribution in [0, 0.1) is 13.8 Å². The first-order valence-electron chi connectivity index (χ1n) is 6.90. The highest BCUT2D eigenvalue weighted by Crippen LogP contribution is 2.36. The lowest BCUT2D eigenvalue weighted by Crippen LogP contribution is -1.92. The molecule has 0 bridgehead atoms. The van der Waals surface area contributed by atoms with Crippen molar-refractivity contribution < 1.29 is 0 Å². The minimum atomic E-state index is 1.09. The van der Waals surface area contributed by atoms with Crippen LogP contribution in [-0.4, -0.2) is 9.55 Å². The Labute approximate surface area is 117 Å². The maximum absolute atomic E-state index is 4.84. The first-order valence-corrected chi connectivity index (χ1v) is 6.90. The van der Waals surface area contributed by atoms with E-state index in [1.807, 2.05) is 0 Å². The Morgan fingerprint density at radius 3 is 2.55 bits per heavy atom. The van der Waals surface area contributed by atoms with Crippen molar-refractivity contribution >= 4 is 32.6 Å². The molecule has 0 aliphatic heterocycles. The number of rotatable bonds is 0. The Balaban J connectivity index is 2.36. The molecule has 20 heavy (non-hydrogen) atoms. The predicted molar refractivity (Wildman–Crippen MR) is 85.2 cm³/mol. The smallest absolute Gasteiger partial charge is 0.0754 e. The van der Waals surface area contributed by atoms with Gasteiger partial charge < -0.3 is 4.57 Å². The zero-order valence-corrected chi connectivity index (χ0v) is 11.9. The maximum Gasteiger partial charge on any atom is 0.0754 e. The molecule has 0 saturated carbocycles. The van der Waals surface area contributed by atoms with Crippen molar-refractivity contribution in [3.8, 4) is 0 Å². The van der Waals surface area contributed by atoms with Crippen LogP contribution in [0.1, 0.15) is 11.1 Å². The van der Waals surface area contributed by atoms with Crippen molar-refractivity contribution in [2.75, 3.05) is 0 Å². The first kappa shape index (κ1) is 11.5. The van der Waals surface area contributed by atoms with Gasteiger partial charge in [-0.2, -0.15) is 0 Å². The lowest BCUT2D eigenvalue weighted by molar-refractivity contribution is 0.913. The fraction of sp³-hybridized carbons (Fsp3) is 0.167. The number of para-hydroxylation sites is 1. The number of nitrogens with zero attached hydrogens (tertiary/aromatic N) is 2. The van der Waals surface area contributed by atoms with Gasteiger partial charge in [-0.1, -0.05) is 18.2 Å². The molecule has 0 aliphatic rings. The number of hydrogen-bond donors (Lipinski definition) is 0. The molecule has 4 rings (SSSR count). The molecule has 0 aliphatic carbocycles. The number of pyridine rings is 1. The van der Waals surface area contributed by atoms with Gasteiger partial charge in [-0.3, -0.25) is 0 Å². The first-order chi connectivity index (χ1) is 9.66. The summed E-state index contributed by atoms with van der Waals surface area (Å²) >= 11 is 0. The van der Waals surface area contributed by atoms with E-state index in [0.29, 0.717) is 0 Å². The summed E-state index contributed by atoms with van der Waals surface area (Å²) in [5.74, 6) is 0. The van der Waals surface area contributed by atoms with Crippen LogP contribution < -0.4 is 0 Å². The monoisotopic (exact) mass is 260 g/mol. The molecule has 2 heterocycles. The van der Waals surface area contributed by atoms with Crippen LogP contribution >= 0.6 is 0 Å². The summed E-state index contributed by atoms with van der Waals surface area (Å²) in [4.78, 5) is 4.84. The molecule has 2 heteroatoms. The van der Waals surface area contributed by atoms with Crippen LogP contribution in [0.15, 0.2) is 42.7 Å². The normalized spacial score (nSPS) is 11.8. The summed E-state index contributed by atoms with van der Waals surface area (Å²) in [6.07, 6.45) is 4.31. The average molecular weight is 260 g/mol. The summed E-state index contributed by atoms with van der Waals surface area (Å²) in [5, 5.41) is 5.18. The molecule has 2 aromatic carbocycles. The molecular weight excluding hydrogens is 244 g/mol. The van der Waals surface area contributed by atoms with Crippen LogP contribution in [0.4, 0.5) is 0 Å².